The minimum Gasteiger partial charge on any atom is -0.275 e. The van der Waals surface area contributed by atoms with Gasteiger partial charge in [-0.15, -0.1) is 0 Å². The van der Waals surface area contributed by atoms with Gasteiger partial charge in [0.2, 0.25) is 0 Å². The molecule has 0 spiro atoms. The topological polar surface area (TPSA) is 28.7 Å². The first kappa shape index (κ1) is 8.44. The lowest BCUT2D eigenvalue weighted by atomic mass is 10.2. The van der Waals surface area contributed by atoms with Gasteiger partial charge < -0.3 is 0 Å². The third-order valence-corrected chi connectivity index (χ3v) is 2.09. The van der Waals surface area contributed by atoms with Crippen LogP contribution >= 0.6 is 11.6 Å². The number of alkyl halides is 2. The van der Waals surface area contributed by atoms with Gasteiger partial charge in [0.15, 0.2) is 0 Å². The van der Waals surface area contributed by atoms with Gasteiger partial charge >= 0.3 is 0 Å². The van der Waals surface area contributed by atoms with Crippen molar-refractivity contribution in [2.75, 3.05) is 0 Å². The van der Waals surface area contributed by atoms with Crippen molar-refractivity contribution in [2.45, 2.75) is 6.43 Å². The van der Waals surface area contributed by atoms with Gasteiger partial charge in [-0.05, 0) is 12.1 Å². The van der Waals surface area contributed by atoms with Gasteiger partial charge in [-0.25, -0.2) is 8.78 Å². The van der Waals surface area contributed by atoms with E-state index in [4.69, 9.17) is 11.6 Å². The fraction of sp³-hybridized carbons (Fsp3) is 0.125. The predicted molar refractivity (Wildman–Crippen MR) is 46.1 cm³/mol. The predicted octanol–water partition coefficient (Wildman–Crippen LogP) is 3.15. The molecule has 1 aromatic carbocycles. The smallest absolute Gasteiger partial charge is 0.275 e. The van der Waals surface area contributed by atoms with Crippen molar-refractivity contribution < 1.29 is 8.78 Å². The highest BCUT2D eigenvalue weighted by Gasteiger charge is 2.16. The second-order valence-corrected chi connectivity index (χ2v) is 2.98. The van der Waals surface area contributed by atoms with Crippen LogP contribution in [-0.4, -0.2) is 10.2 Å². The van der Waals surface area contributed by atoms with Crippen molar-refractivity contribution in [2.24, 2.45) is 0 Å². The summed E-state index contributed by atoms with van der Waals surface area (Å²) < 4.78 is 24.8. The number of hydrogen-bond donors (Lipinski definition) is 1. The summed E-state index contributed by atoms with van der Waals surface area (Å²) in [6.45, 7) is 0. The molecule has 0 amide bonds. The third kappa shape index (κ3) is 1.27. The molecule has 5 heteroatoms. The first-order chi connectivity index (χ1) is 6.20. The zero-order chi connectivity index (χ0) is 9.42. The minimum absolute atomic E-state index is 0.222. The molecular weight excluding hydrogens is 198 g/mol. The Morgan fingerprint density at radius 3 is 2.85 bits per heavy atom. The number of nitrogens with zero attached hydrogens (tertiary/aromatic N) is 1. The Kier molecular flexibility index (Phi) is 1.92. The summed E-state index contributed by atoms with van der Waals surface area (Å²) in [5.74, 6) is 0. The molecule has 2 aromatic rings. The highest BCUT2D eigenvalue weighted by Crippen LogP contribution is 2.30. The number of aromatic nitrogens is 2. The highest BCUT2D eigenvalue weighted by atomic mass is 35.5. The van der Waals surface area contributed by atoms with Crippen LogP contribution in [0.5, 0.6) is 0 Å². The van der Waals surface area contributed by atoms with Gasteiger partial charge in [-0.1, -0.05) is 17.7 Å². The molecule has 1 N–H and O–H groups in total. The molecule has 68 valence electrons. The highest BCUT2D eigenvalue weighted by molar-refractivity contribution is 6.35. The molecule has 0 bridgehead atoms. The van der Waals surface area contributed by atoms with Gasteiger partial charge in [0.05, 0.1) is 10.5 Å². The number of hydrogen-bond acceptors (Lipinski definition) is 1. The van der Waals surface area contributed by atoms with Crippen LogP contribution in [0.15, 0.2) is 18.2 Å². The Bertz CT molecular complexity index is 439. The summed E-state index contributed by atoms with van der Waals surface area (Å²) in [5.41, 5.74) is 0.239. The van der Waals surface area contributed by atoms with E-state index in [1.165, 1.54) is 0 Å². The maximum absolute atomic E-state index is 12.4. The van der Waals surface area contributed by atoms with E-state index in [-0.39, 0.29) is 5.69 Å². The van der Waals surface area contributed by atoms with Crippen molar-refractivity contribution in [1.29, 1.82) is 0 Å². The fourth-order valence-electron chi connectivity index (χ4n) is 1.21. The minimum atomic E-state index is -2.58. The van der Waals surface area contributed by atoms with Crippen molar-refractivity contribution in [3.63, 3.8) is 0 Å². The van der Waals surface area contributed by atoms with Crippen molar-refractivity contribution >= 4 is 22.5 Å². The summed E-state index contributed by atoms with van der Waals surface area (Å²) in [4.78, 5) is 0. The molecule has 0 saturated carbocycles. The lowest BCUT2D eigenvalue weighted by Gasteiger charge is -1.96. The molecule has 0 radical (unpaired) electrons. The molecule has 0 atom stereocenters. The molecule has 0 fully saturated rings. The van der Waals surface area contributed by atoms with E-state index in [9.17, 15) is 8.78 Å². The van der Waals surface area contributed by atoms with E-state index >= 15 is 0 Å². The summed E-state index contributed by atoms with van der Waals surface area (Å²) in [5, 5.41) is 6.58. The molecule has 13 heavy (non-hydrogen) atoms. The van der Waals surface area contributed by atoms with Crippen LogP contribution in [0.25, 0.3) is 10.9 Å². The molecule has 0 saturated heterocycles. The lowest BCUT2D eigenvalue weighted by molar-refractivity contribution is 0.147. The molecule has 2 nitrogen and oxygen atoms in total. The van der Waals surface area contributed by atoms with E-state index in [0.717, 1.165) is 0 Å². The van der Waals surface area contributed by atoms with E-state index in [1.54, 1.807) is 18.2 Å². The number of aromatic amines is 1. The first-order valence-electron chi connectivity index (χ1n) is 3.61. The Labute approximate surface area is 77.5 Å². The van der Waals surface area contributed by atoms with Crippen LogP contribution in [0.2, 0.25) is 5.02 Å². The number of rotatable bonds is 1. The second kappa shape index (κ2) is 2.96. The number of benzene rings is 1. The standard InChI is InChI=1S/C8H5ClF2N2/c9-4-2-1-3-5-6(4)7(8(10)11)13-12-5/h1-3,8H,(H,12,13). The number of fused-ring (bicyclic) bond motifs is 1. The maximum atomic E-state index is 12.4. The number of halogens is 3. The maximum Gasteiger partial charge on any atom is 0.280 e. The van der Waals surface area contributed by atoms with Gasteiger partial charge in [0.1, 0.15) is 5.69 Å². The number of nitrogens with one attached hydrogen (secondary N) is 1. The quantitative estimate of drug-likeness (QED) is 0.756. The van der Waals surface area contributed by atoms with Gasteiger partial charge in [-0.2, -0.15) is 5.10 Å². The van der Waals surface area contributed by atoms with Crippen LogP contribution in [0.4, 0.5) is 8.78 Å². The molecule has 0 aliphatic carbocycles. The van der Waals surface area contributed by atoms with Crippen molar-refractivity contribution in [3.05, 3.63) is 28.9 Å². The van der Waals surface area contributed by atoms with E-state index in [2.05, 4.69) is 10.2 Å². The second-order valence-electron chi connectivity index (χ2n) is 2.57. The van der Waals surface area contributed by atoms with Gasteiger partial charge in [0.25, 0.3) is 6.43 Å². The average Bonchev–Trinajstić information content (AvgIpc) is 2.49. The van der Waals surface area contributed by atoms with Crippen LogP contribution in [0, 0.1) is 0 Å². The molecular formula is C8H5ClF2N2. The van der Waals surface area contributed by atoms with Crippen LogP contribution < -0.4 is 0 Å². The molecule has 1 heterocycles. The van der Waals surface area contributed by atoms with Gasteiger partial charge in [0, 0.05) is 5.39 Å². The number of H-pyrrole nitrogens is 1. The summed E-state index contributed by atoms with van der Waals surface area (Å²) >= 11 is 5.75. The summed E-state index contributed by atoms with van der Waals surface area (Å²) in [6, 6.07) is 4.86. The Morgan fingerprint density at radius 1 is 1.38 bits per heavy atom. The molecule has 0 aliphatic heterocycles. The molecule has 2 rings (SSSR count). The third-order valence-electron chi connectivity index (χ3n) is 1.78. The Morgan fingerprint density at radius 2 is 2.15 bits per heavy atom. The van der Waals surface area contributed by atoms with Crippen molar-refractivity contribution in [1.82, 2.24) is 10.2 Å². The zero-order valence-corrected chi connectivity index (χ0v) is 7.15. The molecule has 0 unspecified atom stereocenters. The zero-order valence-electron chi connectivity index (χ0n) is 6.39. The van der Waals surface area contributed by atoms with Crippen LogP contribution in [0.1, 0.15) is 12.1 Å². The largest absolute Gasteiger partial charge is 0.280 e. The van der Waals surface area contributed by atoms with E-state index in [0.29, 0.717) is 15.9 Å². The monoisotopic (exact) mass is 202 g/mol. The van der Waals surface area contributed by atoms with Gasteiger partial charge in [-0.3, -0.25) is 5.10 Å². The summed E-state index contributed by atoms with van der Waals surface area (Å²) in [7, 11) is 0. The average molecular weight is 203 g/mol. The molecule has 1 aromatic heterocycles. The van der Waals surface area contributed by atoms with Crippen LogP contribution in [0.3, 0.4) is 0 Å². The molecule has 0 aliphatic rings. The van der Waals surface area contributed by atoms with Crippen molar-refractivity contribution in [3.8, 4) is 0 Å². The Hall–Kier alpha value is -1.16. The van der Waals surface area contributed by atoms with E-state index < -0.39 is 6.43 Å². The van der Waals surface area contributed by atoms with E-state index in [1.807, 2.05) is 0 Å². The fourth-order valence-corrected chi connectivity index (χ4v) is 1.48. The lowest BCUT2D eigenvalue weighted by Crippen LogP contribution is -1.84. The summed E-state index contributed by atoms with van der Waals surface area (Å²) in [6.07, 6.45) is -2.58. The Balaban J connectivity index is 2.79. The SMILES string of the molecule is FC(F)c1[nH]nc2cccc(Cl)c12. The first-order valence-corrected chi connectivity index (χ1v) is 3.98. The van der Waals surface area contributed by atoms with Crippen LogP contribution in [-0.2, 0) is 0 Å². The normalized spacial score (nSPS) is 11.4.